The lowest BCUT2D eigenvalue weighted by atomic mass is 10.1. The minimum atomic E-state index is -4.64. The van der Waals surface area contributed by atoms with Gasteiger partial charge in [0.25, 0.3) is 5.91 Å². The molecule has 13 heteroatoms. The van der Waals surface area contributed by atoms with E-state index in [-0.39, 0.29) is 32.5 Å². The number of alkyl halides is 3. The van der Waals surface area contributed by atoms with Crippen LogP contribution in [0.1, 0.15) is 18.4 Å². The van der Waals surface area contributed by atoms with Crippen LogP contribution in [0.4, 0.5) is 18.9 Å². The van der Waals surface area contributed by atoms with Gasteiger partial charge in [-0.25, -0.2) is 13.4 Å². The van der Waals surface area contributed by atoms with Gasteiger partial charge >= 0.3 is 6.18 Å². The van der Waals surface area contributed by atoms with Gasteiger partial charge in [-0.1, -0.05) is 11.2 Å². The van der Waals surface area contributed by atoms with Gasteiger partial charge in [0.2, 0.25) is 15.9 Å². The first-order valence-electron chi connectivity index (χ1n) is 9.74. The Kier molecular flexibility index (Phi) is 7.53. The van der Waals surface area contributed by atoms with Crippen molar-refractivity contribution in [1.29, 1.82) is 0 Å². The first-order valence-corrected chi connectivity index (χ1v) is 11.2. The van der Waals surface area contributed by atoms with Gasteiger partial charge in [-0.2, -0.15) is 17.5 Å². The number of carbonyl (C=O) groups excluding carboxylic acids is 1. The minimum Gasteiger partial charge on any atom is -0.481 e. The molecule has 0 aliphatic carbocycles. The predicted molar refractivity (Wildman–Crippen MR) is 112 cm³/mol. The number of piperidine rings is 1. The molecule has 0 radical (unpaired) electrons. The van der Waals surface area contributed by atoms with Crippen molar-refractivity contribution in [3.8, 4) is 5.88 Å². The first kappa shape index (κ1) is 24.5. The van der Waals surface area contributed by atoms with Crippen molar-refractivity contribution in [1.82, 2.24) is 9.29 Å². The topological polar surface area (TPSA) is 110 Å². The van der Waals surface area contributed by atoms with Crippen LogP contribution in [0.5, 0.6) is 5.88 Å². The highest BCUT2D eigenvalue weighted by atomic mass is 32.2. The summed E-state index contributed by atoms with van der Waals surface area (Å²) in [6.45, 7) is -0.295. The Morgan fingerprint density at radius 2 is 1.94 bits per heavy atom. The van der Waals surface area contributed by atoms with Crippen molar-refractivity contribution in [3.05, 3.63) is 48.2 Å². The molecule has 9 nitrogen and oxygen atoms in total. The third kappa shape index (κ3) is 6.42. The Morgan fingerprint density at radius 1 is 1.21 bits per heavy atom. The molecule has 0 bridgehead atoms. The van der Waals surface area contributed by atoms with Gasteiger partial charge in [-0.3, -0.25) is 4.79 Å². The Hall–Kier alpha value is -3.19. The molecule has 1 aromatic carbocycles. The number of halogens is 3. The van der Waals surface area contributed by atoms with Gasteiger partial charge in [-0.05, 0) is 24.3 Å². The fourth-order valence-corrected chi connectivity index (χ4v) is 4.50. The Labute approximate surface area is 188 Å². The second-order valence-electron chi connectivity index (χ2n) is 7.00. The molecule has 33 heavy (non-hydrogen) atoms. The van der Waals surface area contributed by atoms with Crippen molar-refractivity contribution >= 4 is 27.3 Å². The van der Waals surface area contributed by atoms with Gasteiger partial charge in [0, 0.05) is 32.0 Å². The lowest BCUT2D eigenvalue weighted by Gasteiger charge is -2.26. The Morgan fingerprint density at radius 3 is 2.55 bits per heavy atom. The number of pyridine rings is 1. The first-order chi connectivity index (χ1) is 15.6. The van der Waals surface area contributed by atoms with Crippen molar-refractivity contribution in [2.75, 3.05) is 32.1 Å². The van der Waals surface area contributed by atoms with Crippen molar-refractivity contribution in [2.45, 2.75) is 23.9 Å². The largest absolute Gasteiger partial charge is 0.481 e. The molecule has 1 aliphatic heterocycles. The molecule has 1 aromatic heterocycles. The number of anilines is 1. The maximum Gasteiger partial charge on any atom is 0.416 e. The van der Waals surface area contributed by atoms with Gasteiger partial charge in [-0.15, -0.1) is 0 Å². The van der Waals surface area contributed by atoms with Crippen LogP contribution in [0.25, 0.3) is 0 Å². The van der Waals surface area contributed by atoms with Crippen molar-refractivity contribution in [2.24, 2.45) is 5.16 Å². The summed E-state index contributed by atoms with van der Waals surface area (Å²) < 4.78 is 70.2. The molecule has 1 amide bonds. The molecule has 0 atom stereocenters. The zero-order valence-corrected chi connectivity index (χ0v) is 18.3. The summed E-state index contributed by atoms with van der Waals surface area (Å²) in [6, 6.07) is 6.83. The highest BCUT2D eigenvalue weighted by molar-refractivity contribution is 7.89. The summed E-state index contributed by atoms with van der Waals surface area (Å²) in [7, 11) is -2.61. The van der Waals surface area contributed by atoms with E-state index >= 15 is 0 Å². The van der Waals surface area contributed by atoms with E-state index in [0.29, 0.717) is 23.3 Å². The number of methoxy groups -OCH3 is 1. The molecule has 2 aromatic rings. The summed E-state index contributed by atoms with van der Waals surface area (Å²) in [4.78, 5) is 20.5. The van der Waals surface area contributed by atoms with Gasteiger partial charge < -0.3 is 14.9 Å². The van der Waals surface area contributed by atoms with E-state index in [0.717, 1.165) is 22.5 Å². The van der Waals surface area contributed by atoms with Gasteiger partial charge in [0.15, 0.2) is 6.61 Å². The fraction of sp³-hybridized carbons (Fsp3) is 0.350. The molecule has 2 heterocycles. The Bertz CT molecular complexity index is 1110. The number of sulfonamides is 1. The molecule has 1 N–H and O–H groups in total. The maximum absolute atomic E-state index is 12.9. The highest BCUT2D eigenvalue weighted by Gasteiger charge is 2.33. The number of aromatic nitrogens is 1. The van der Waals surface area contributed by atoms with Crippen LogP contribution in [0.15, 0.2) is 52.6 Å². The van der Waals surface area contributed by atoms with E-state index in [1.165, 1.54) is 13.3 Å². The van der Waals surface area contributed by atoms with Crippen LogP contribution >= 0.6 is 0 Å². The number of carbonyl (C=O) groups is 1. The molecule has 178 valence electrons. The van der Waals surface area contributed by atoms with Gasteiger partial charge in [0.05, 0.1) is 35.2 Å². The maximum atomic E-state index is 12.9. The molecular formula is C20H21F3N4O5S. The molecular weight excluding hydrogens is 465 g/mol. The summed E-state index contributed by atoms with van der Waals surface area (Å²) in [5, 5.41) is 6.45. The number of nitrogens with zero attached hydrogens (tertiary/aromatic N) is 3. The lowest BCUT2D eigenvalue weighted by molar-refractivity contribution is -0.137. The van der Waals surface area contributed by atoms with Crippen LogP contribution in [0.3, 0.4) is 0 Å². The van der Waals surface area contributed by atoms with E-state index in [4.69, 9.17) is 9.57 Å². The zero-order valence-electron chi connectivity index (χ0n) is 17.5. The SMILES string of the molecule is COc1ccc(NC(=O)CON=C2CCN(S(=O)(=O)c3cccc(C(F)(F)F)c3)CC2)cn1. The molecule has 0 saturated carbocycles. The fourth-order valence-electron chi connectivity index (χ4n) is 3.01. The smallest absolute Gasteiger partial charge is 0.416 e. The second-order valence-corrected chi connectivity index (χ2v) is 8.94. The zero-order chi connectivity index (χ0) is 24.1. The summed E-state index contributed by atoms with van der Waals surface area (Å²) in [6.07, 6.45) is -2.77. The molecule has 0 unspecified atom stereocenters. The van der Waals surface area contributed by atoms with Gasteiger partial charge in [0.1, 0.15) is 0 Å². The summed E-state index contributed by atoms with van der Waals surface area (Å²) in [5.74, 6) is -0.0621. The Balaban J connectivity index is 1.51. The van der Waals surface area contributed by atoms with Crippen molar-refractivity contribution < 1.29 is 36.0 Å². The number of oxime groups is 1. The molecule has 0 spiro atoms. The van der Waals surface area contributed by atoms with Crippen LogP contribution in [0.2, 0.25) is 0 Å². The summed E-state index contributed by atoms with van der Waals surface area (Å²) in [5.41, 5.74) is -0.0329. The number of ether oxygens (including phenoxy) is 1. The quantitative estimate of drug-likeness (QED) is 0.603. The average molecular weight is 486 g/mol. The average Bonchev–Trinajstić information content (AvgIpc) is 2.79. The highest BCUT2D eigenvalue weighted by Crippen LogP contribution is 2.31. The van der Waals surface area contributed by atoms with Crippen molar-refractivity contribution in [3.63, 3.8) is 0 Å². The van der Waals surface area contributed by atoms with Crippen LogP contribution < -0.4 is 10.1 Å². The standard InChI is InChI=1S/C20H21F3N4O5S/c1-31-19-6-5-16(12-24-19)25-18(28)13-32-26-15-7-9-27(10-8-15)33(29,30)17-4-2-3-14(11-17)20(21,22)23/h2-6,11-12H,7-10,13H2,1H3,(H,25,28). The molecule has 3 rings (SSSR count). The van der Waals surface area contributed by atoms with E-state index in [9.17, 15) is 26.4 Å². The number of amides is 1. The second kappa shape index (κ2) is 10.2. The molecule has 1 fully saturated rings. The van der Waals surface area contributed by atoms with Crippen LogP contribution in [-0.4, -0.2) is 56.1 Å². The third-order valence-corrected chi connectivity index (χ3v) is 6.61. The number of rotatable bonds is 7. The van der Waals surface area contributed by atoms with E-state index in [1.807, 2.05) is 0 Å². The summed E-state index contributed by atoms with van der Waals surface area (Å²) >= 11 is 0. The normalized spacial score (nSPS) is 15.1. The van der Waals surface area contributed by atoms with E-state index < -0.39 is 32.6 Å². The van der Waals surface area contributed by atoms with E-state index in [2.05, 4.69) is 15.5 Å². The van der Waals surface area contributed by atoms with Crippen LogP contribution in [-0.2, 0) is 25.8 Å². The minimum absolute atomic E-state index is 0.0322. The van der Waals surface area contributed by atoms with Crippen LogP contribution in [0, 0.1) is 0 Å². The number of nitrogens with one attached hydrogen (secondary N) is 1. The monoisotopic (exact) mass is 486 g/mol. The number of hydrogen-bond acceptors (Lipinski definition) is 7. The number of hydrogen-bond donors (Lipinski definition) is 1. The molecule has 1 aliphatic rings. The number of benzene rings is 1. The third-order valence-electron chi connectivity index (χ3n) is 4.72. The lowest BCUT2D eigenvalue weighted by Crippen LogP contribution is -2.38. The molecule has 1 saturated heterocycles. The van der Waals surface area contributed by atoms with E-state index in [1.54, 1.807) is 12.1 Å². The predicted octanol–water partition coefficient (Wildman–Crippen LogP) is 2.90.